The van der Waals surface area contributed by atoms with Crippen molar-refractivity contribution in [1.82, 2.24) is 10.2 Å². The summed E-state index contributed by atoms with van der Waals surface area (Å²) in [5.41, 5.74) is 2.64. The minimum Gasteiger partial charge on any atom is -0.353 e. The highest BCUT2D eigenvalue weighted by Gasteiger charge is 2.42. The number of carbonyl (C=O) groups is 2. The van der Waals surface area contributed by atoms with Crippen LogP contribution in [0.2, 0.25) is 5.02 Å². The maximum Gasteiger partial charge on any atom is 0.259 e. The van der Waals surface area contributed by atoms with E-state index in [1.54, 1.807) is 4.90 Å². The molecule has 0 spiro atoms. The predicted molar refractivity (Wildman–Crippen MR) is 133 cm³/mol. The standard InChI is InChI=1S/C25H25ClN4O2S/c26-17-8-6-7-16(13-17)15-33-25-29-20-12-5-4-11-19(20)23-28-21(24(32)30(23)25)14-22(31)27-18-9-2-1-3-10-18/h4-8,11-13,18,21H,1-3,9-10,14-15H2,(H,27,31)/t21-/m0/s1. The summed E-state index contributed by atoms with van der Waals surface area (Å²) in [7, 11) is 0. The fraction of sp³-hybridized carbons (Fsp3) is 0.360. The first-order valence-corrected chi connectivity index (χ1v) is 12.7. The minimum atomic E-state index is -0.730. The Morgan fingerprint density at radius 3 is 2.76 bits per heavy atom. The van der Waals surface area contributed by atoms with E-state index in [1.807, 2.05) is 48.5 Å². The minimum absolute atomic E-state index is 0.0593. The molecular weight excluding hydrogens is 456 g/mol. The molecule has 170 valence electrons. The molecule has 0 bridgehead atoms. The quantitative estimate of drug-likeness (QED) is 0.649. The first kappa shape index (κ1) is 22.2. The molecule has 1 fully saturated rings. The maximum atomic E-state index is 13.4. The SMILES string of the molecule is O=C(C[C@@H]1N=C2c3ccccc3N=C(SCc3cccc(Cl)c3)N2C1=O)NC1CCCCC1. The Labute approximate surface area is 202 Å². The van der Waals surface area contributed by atoms with Crippen LogP contribution in [0.1, 0.15) is 49.7 Å². The number of carbonyl (C=O) groups excluding carboxylic acids is 2. The van der Waals surface area contributed by atoms with Gasteiger partial charge in [-0.05, 0) is 42.7 Å². The molecule has 1 atom stereocenters. The number of amides is 2. The van der Waals surface area contributed by atoms with Gasteiger partial charge in [0, 0.05) is 22.4 Å². The lowest BCUT2D eigenvalue weighted by molar-refractivity contribution is -0.129. The predicted octanol–water partition coefficient (Wildman–Crippen LogP) is 5.07. The second kappa shape index (κ2) is 9.69. The molecule has 2 heterocycles. The van der Waals surface area contributed by atoms with E-state index >= 15 is 0 Å². The monoisotopic (exact) mass is 480 g/mol. The number of para-hydroxylation sites is 1. The van der Waals surface area contributed by atoms with Crippen molar-refractivity contribution in [1.29, 1.82) is 0 Å². The van der Waals surface area contributed by atoms with E-state index in [0.717, 1.165) is 42.5 Å². The third kappa shape index (κ3) is 4.84. The smallest absolute Gasteiger partial charge is 0.259 e. The zero-order chi connectivity index (χ0) is 22.8. The van der Waals surface area contributed by atoms with Crippen molar-refractivity contribution in [3.8, 4) is 0 Å². The van der Waals surface area contributed by atoms with E-state index in [0.29, 0.717) is 21.8 Å². The molecule has 1 saturated carbocycles. The molecule has 2 aromatic rings. The average molecular weight is 481 g/mol. The van der Waals surface area contributed by atoms with Crippen LogP contribution >= 0.6 is 23.4 Å². The number of benzene rings is 2. The van der Waals surface area contributed by atoms with Crippen LogP contribution < -0.4 is 5.32 Å². The van der Waals surface area contributed by atoms with Gasteiger partial charge >= 0.3 is 0 Å². The highest BCUT2D eigenvalue weighted by atomic mass is 35.5. The van der Waals surface area contributed by atoms with Crippen molar-refractivity contribution in [3.63, 3.8) is 0 Å². The Morgan fingerprint density at radius 1 is 1.12 bits per heavy atom. The molecule has 33 heavy (non-hydrogen) atoms. The second-order valence-corrected chi connectivity index (χ2v) is 9.96. The van der Waals surface area contributed by atoms with Crippen molar-refractivity contribution >= 4 is 51.9 Å². The number of hydrogen-bond donors (Lipinski definition) is 1. The lowest BCUT2D eigenvalue weighted by Crippen LogP contribution is -2.43. The molecule has 3 aliphatic rings. The van der Waals surface area contributed by atoms with Crippen LogP contribution in [0.4, 0.5) is 5.69 Å². The van der Waals surface area contributed by atoms with E-state index in [4.69, 9.17) is 21.6 Å². The first-order chi connectivity index (χ1) is 16.1. The Morgan fingerprint density at radius 2 is 1.94 bits per heavy atom. The molecule has 0 radical (unpaired) electrons. The van der Waals surface area contributed by atoms with E-state index in [2.05, 4.69) is 5.32 Å². The van der Waals surface area contributed by atoms with Crippen molar-refractivity contribution in [2.75, 3.05) is 0 Å². The van der Waals surface area contributed by atoms with Crippen LogP contribution in [0.25, 0.3) is 0 Å². The number of aliphatic imine (C=N–C) groups is 2. The van der Waals surface area contributed by atoms with Crippen LogP contribution in [0.3, 0.4) is 0 Å². The van der Waals surface area contributed by atoms with Crippen LogP contribution in [-0.4, -0.2) is 39.8 Å². The Bertz CT molecular complexity index is 1140. The molecule has 0 unspecified atom stereocenters. The number of hydrogen-bond acceptors (Lipinski definition) is 5. The van der Waals surface area contributed by atoms with Crippen molar-refractivity contribution in [3.05, 3.63) is 64.7 Å². The van der Waals surface area contributed by atoms with Crippen LogP contribution in [0.5, 0.6) is 0 Å². The molecule has 0 saturated heterocycles. The largest absolute Gasteiger partial charge is 0.353 e. The summed E-state index contributed by atoms with van der Waals surface area (Å²) in [6, 6.07) is 14.8. The van der Waals surface area contributed by atoms with Gasteiger partial charge in [0.1, 0.15) is 11.9 Å². The molecule has 5 rings (SSSR count). The van der Waals surface area contributed by atoms with E-state index in [1.165, 1.54) is 18.2 Å². The molecule has 1 aliphatic carbocycles. The summed E-state index contributed by atoms with van der Waals surface area (Å²) >= 11 is 7.59. The third-order valence-electron chi connectivity index (χ3n) is 6.15. The second-order valence-electron chi connectivity index (χ2n) is 8.58. The molecular formula is C25H25ClN4O2S. The number of thioether (sulfide) groups is 1. The van der Waals surface area contributed by atoms with Crippen LogP contribution in [-0.2, 0) is 15.3 Å². The van der Waals surface area contributed by atoms with Crippen molar-refractivity contribution in [2.45, 2.75) is 56.4 Å². The van der Waals surface area contributed by atoms with Gasteiger partial charge in [0.2, 0.25) is 5.91 Å². The third-order valence-corrected chi connectivity index (χ3v) is 7.40. The van der Waals surface area contributed by atoms with Gasteiger partial charge in [-0.3, -0.25) is 14.6 Å². The number of halogens is 1. The Hall–Kier alpha value is -2.64. The van der Waals surface area contributed by atoms with E-state index in [-0.39, 0.29) is 24.3 Å². The van der Waals surface area contributed by atoms with Gasteiger partial charge < -0.3 is 5.32 Å². The number of nitrogens with one attached hydrogen (secondary N) is 1. The van der Waals surface area contributed by atoms with Gasteiger partial charge in [-0.2, -0.15) is 0 Å². The van der Waals surface area contributed by atoms with Crippen LogP contribution in [0, 0.1) is 0 Å². The lowest BCUT2D eigenvalue weighted by Gasteiger charge is -2.25. The number of nitrogens with zero attached hydrogens (tertiary/aromatic N) is 3. The maximum absolute atomic E-state index is 13.4. The fourth-order valence-corrected chi connectivity index (χ4v) is 5.67. The topological polar surface area (TPSA) is 74.1 Å². The summed E-state index contributed by atoms with van der Waals surface area (Å²) in [5, 5.41) is 4.35. The van der Waals surface area contributed by atoms with Gasteiger partial charge in [0.15, 0.2) is 5.17 Å². The molecule has 0 aromatic heterocycles. The van der Waals surface area contributed by atoms with E-state index < -0.39 is 6.04 Å². The molecule has 2 aliphatic heterocycles. The normalized spacial score (nSPS) is 20.1. The molecule has 1 N–H and O–H groups in total. The Balaban J connectivity index is 1.35. The van der Waals surface area contributed by atoms with Gasteiger partial charge in [0.25, 0.3) is 5.91 Å². The summed E-state index contributed by atoms with van der Waals surface area (Å²) in [4.78, 5) is 37.1. The molecule has 6 nitrogen and oxygen atoms in total. The zero-order valence-electron chi connectivity index (χ0n) is 18.2. The van der Waals surface area contributed by atoms with Gasteiger partial charge in [0.05, 0.1) is 12.1 Å². The lowest BCUT2D eigenvalue weighted by atomic mass is 9.95. The van der Waals surface area contributed by atoms with Crippen LogP contribution in [0.15, 0.2) is 58.5 Å². The highest BCUT2D eigenvalue weighted by Crippen LogP contribution is 2.35. The molecule has 2 amide bonds. The number of fused-ring (bicyclic) bond motifs is 3. The van der Waals surface area contributed by atoms with Gasteiger partial charge in [-0.1, -0.05) is 66.9 Å². The van der Waals surface area contributed by atoms with Gasteiger partial charge in [-0.15, -0.1) is 0 Å². The first-order valence-electron chi connectivity index (χ1n) is 11.3. The average Bonchev–Trinajstić information content (AvgIpc) is 3.14. The zero-order valence-corrected chi connectivity index (χ0v) is 19.7. The van der Waals surface area contributed by atoms with Gasteiger partial charge in [-0.25, -0.2) is 9.89 Å². The molecule has 2 aromatic carbocycles. The van der Waals surface area contributed by atoms with Crippen molar-refractivity contribution < 1.29 is 9.59 Å². The Kier molecular flexibility index (Phi) is 6.51. The van der Waals surface area contributed by atoms with E-state index in [9.17, 15) is 9.59 Å². The summed E-state index contributed by atoms with van der Waals surface area (Å²) in [6.45, 7) is 0. The molecule has 8 heteroatoms. The summed E-state index contributed by atoms with van der Waals surface area (Å²) in [6.07, 6.45) is 5.59. The number of amidine groups is 2. The summed E-state index contributed by atoms with van der Waals surface area (Å²) < 4.78 is 0. The highest BCUT2D eigenvalue weighted by molar-refractivity contribution is 8.13. The van der Waals surface area contributed by atoms with Crippen molar-refractivity contribution in [2.24, 2.45) is 9.98 Å². The number of rotatable bonds is 5. The fourth-order valence-electron chi connectivity index (χ4n) is 4.52. The summed E-state index contributed by atoms with van der Waals surface area (Å²) in [5.74, 6) is 0.888.